The quantitative estimate of drug-likeness (QED) is 0.339. The molecule has 1 N–H and O–H groups in total. The number of hydrogen-bond donors (Lipinski definition) is 1. The Morgan fingerprint density at radius 3 is 2.39 bits per heavy atom. The third-order valence-corrected chi connectivity index (χ3v) is 5.38. The number of ether oxygens (including phenoxy) is 1. The highest BCUT2D eigenvalue weighted by atomic mass is 79.9. The van der Waals surface area contributed by atoms with Crippen LogP contribution in [0.5, 0.6) is 5.75 Å². The van der Waals surface area contributed by atoms with Crippen molar-refractivity contribution in [1.82, 2.24) is 4.98 Å². The van der Waals surface area contributed by atoms with Crippen LogP contribution in [-0.2, 0) is 15.7 Å². The number of carbonyl (C=O) groups is 2. The second-order valence-electron chi connectivity index (χ2n) is 6.63. The smallest absolute Gasteiger partial charge is 0.416 e. The van der Waals surface area contributed by atoms with E-state index in [0.29, 0.717) is 22.0 Å². The number of ketones is 1. The van der Waals surface area contributed by atoms with Crippen molar-refractivity contribution in [1.29, 1.82) is 0 Å². The summed E-state index contributed by atoms with van der Waals surface area (Å²) in [6.45, 7) is 1.84. The number of Topliss-reactive ketones (excluding diaryl/α,β-unsaturated/α-hetero) is 1. The minimum Gasteiger partial charge on any atom is -0.504 e. The van der Waals surface area contributed by atoms with Crippen molar-refractivity contribution < 1.29 is 32.6 Å². The zero-order valence-corrected chi connectivity index (χ0v) is 17.9. The van der Waals surface area contributed by atoms with Gasteiger partial charge >= 0.3 is 12.1 Å². The second-order valence-corrected chi connectivity index (χ2v) is 7.42. The number of aromatic nitrogens is 1. The molecule has 2 aromatic carbocycles. The zero-order valence-electron chi connectivity index (χ0n) is 16.3. The monoisotopic (exact) mass is 495 g/mol. The van der Waals surface area contributed by atoms with Gasteiger partial charge in [-0.1, -0.05) is 30.3 Å². The third kappa shape index (κ3) is 4.87. The summed E-state index contributed by atoms with van der Waals surface area (Å²) in [6, 6.07) is 9.57. The molecule has 0 amide bonds. The number of para-hydroxylation sites is 1. The number of benzene rings is 2. The second kappa shape index (κ2) is 9.05. The van der Waals surface area contributed by atoms with Crippen LogP contribution < -0.4 is 0 Å². The van der Waals surface area contributed by atoms with E-state index in [4.69, 9.17) is 4.74 Å². The lowest BCUT2D eigenvalue weighted by molar-refractivity contribution is -0.143. The largest absolute Gasteiger partial charge is 0.504 e. The van der Waals surface area contributed by atoms with E-state index in [9.17, 15) is 27.9 Å². The van der Waals surface area contributed by atoms with E-state index in [1.165, 1.54) is 12.1 Å². The highest BCUT2D eigenvalue weighted by Gasteiger charge is 2.30. The maximum Gasteiger partial charge on any atom is 0.416 e. The van der Waals surface area contributed by atoms with Gasteiger partial charge in [-0.15, -0.1) is 0 Å². The Bertz CT molecular complexity index is 1140. The number of fused-ring (bicyclic) bond motifs is 1. The maximum atomic E-state index is 12.9. The van der Waals surface area contributed by atoms with Crippen molar-refractivity contribution >= 4 is 38.6 Å². The summed E-state index contributed by atoms with van der Waals surface area (Å²) >= 11 is 3.27. The molecule has 0 bridgehead atoms. The van der Waals surface area contributed by atoms with E-state index in [-0.39, 0.29) is 35.4 Å². The van der Waals surface area contributed by atoms with Gasteiger partial charge < -0.3 is 9.84 Å². The molecule has 3 rings (SSSR count). The van der Waals surface area contributed by atoms with Crippen LogP contribution in [-0.4, -0.2) is 28.4 Å². The third-order valence-electron chi connectivity index (χ3n) is 4.58. The average molecular weight is 496 g/mol. The van der Waals surface area contributed by atoms with E-state index in [2.05, 4.69) is 20.9 Å². The van der Waals surface area contributed by atoms with Gasteiger partial charge in [0.2, 0.25) is 0 Å². The van der Waals surface area contributed by atoms with Crippen LogP contribution in [0.3, 0.4) is 0 Å². The first-order chi connectivity index (χ1) is 14.6. The predicted octanol–water partition coefficient (Wildman–Crippen LogP) is 5.91. The minimum absolute atomic E-state index is 0.163. The highest BCUT2D eigenvalue weighted by Crippen LogP contribution is 2.39. The van der Waals surface area contributed by atoms with Crippen molar-refractivity contribution in [2.75, 3.05) is 6.61 Å². The molecule has 0 aliphatic rings. The maximum absolute atomic E-state index is 12.9. The molecule has 5 nitrogen and oxygen atoms in total. The van der Waals surface area contributed by atoms with Gasteiger partial charge in [-0.3, -0.25) is 9.59 Å². The number of pyridine rings is 1. The van der Waals surface area contributed by atoms with E-state index in [1.807, 2.05) is 0 Å². The van der Waals surface area contributed by atoms with Gasteiger partial charge in [-0.2, -0.15) is 13.2 Å². The van der Waals surface area contributed by atoms with Crippen molar-refractivity contribution in [3.63, 3.8) is 0 Å². The molecular weight excluding hydrogens is 479 g/mol. The average Bonchev–Trinajstić information content (AvgIpc) is 2.74. The molecule has 0 spiro atoms. The number of halogens is 4. The molecule has 0 radical (unpaired) electrons. The Balaban J connectivity index is 2.05. The molecule has 0 saturated carbocycles. The fourth-order valence-corrected chi connectivity index (χ4v) is 3.58. The lowest BCUT2D eigenvalue weighted by Crippen LogP contribution is -2.10. The lowest BCUT2D eigenvalue weighted by atomic mass is 9.99. The van der Waals surface area contributed by atoms with Crippen LogP contribution in [0, 0.1) is 0 Å². The number of nitrogens with zero attached hydrogens (tertiary/aromatic N) is 1. The van der Waals surface area contributed by atoms with E-state index in [1.54, 1.807) is 25.1 Å². The number of aromatic hydroxyl groups is 1. The fourth-order valence-electron chi connectivity index (χ4n) is 3.07. The van der Waals surface area contributed by atoms with Gasteiger partial charge in [0.1, 0.15) is 5.69 Å². The Labute approximate surface area is 184 Å². The number of hydrogen-bond acceptors (Lipinski definition) is 5. The summed E-state index contributed by atoms with van der Waals surface area (Å²) in [5, 5.41) is 10.9. The molecule has 0 saturated heterocycles. The van der Waals surface area contributed by atoms with Gasteiger partial charge in [0, 0.05) is 17.4 Å². The molecule has 31 heavy (non-hydrogen) atoms. The Morgan fingerprint density at radius 2 is 1.77 bits per heavy atom. The molecule has 3 aromatic rings. The van der Waals surface area contributed by atoms with Crippen molar-refractivity contribution in [3.8, 4) is 16.9 Å². The molecule has 1 heterocycles. The topological polar surface area (TPSA) is 76.5 Å². The van der Waals surface area contributed by atoms with Gasteiger partial charge in [0.05, 0.1) is 28.6 Å². The lowest BCUT2D eigenvalue weighted by Gasteiger charge is -2.13. The number of rotatable bonds is 6. The highest BCUT2D eigenvalue weighted by molar-refractivity contribution is 9.10. The Morgan fingerprint density at radius 1 is 1.10 bits per heavy atom. The Hall–Kier alpha value is -2.94. The SMILES string of the molecule is CCOC(=O)CCC(=O)c1nc2c(-c3ccc(C(F)(F)F)cc3)cccc2c(Br)c1O. The zero-order chi connectivity index (χ0) is 22.8. The molecule has 0 aliphatic carbocycles. The van der Waals surface area contributed by atoms with Crippen molar-refractivity contribution in [2.24, 2.45) is 0 Å². The van der Waals surface area contributed by atoms with E-state index in [0.717, 1.165) is 12.1 Å². The summed E-state index contributed by atoms with van der Waals surface area (Å²) in [5.74, 6) is -1.47. The molecule has 1 aromatic heterocycles. The minimum atomic E-state index is -4.46. The van der Waals surface area contributed by atoms with Crippen LogP contribution in [0.25, 0.3) is 22.0 Å². The van der Waals surface area contributed by atoms with Crippen molar-refractivity contribution in [3.05, 3.63) is 58.2 Å². The summed E-state index contributed by atoms with van der Waals surface area (Å²) in [4.78, 5) is 28.4. The fraction of sp³-hybridized carbons (Fsp3) is 0.227. The summed E-state index contributed by atoms with van der Waals surface area (Å²) in [5.41, 5.74) is 0.271. The predicted molar refractivity (Wildman–Crippen MR) is 112 cm³/mol. The molecule has 0 unspecified atom stereocenters. The molecule has 162 valence electrons. The van der Waals surface area contributed by atoms with Gasteiger partial charge in [-0.05, 0) is 40.5 Å². The normalized spacial score (nSPS) is 11.5. The summed E-state index contributed by atoms with van der Waals surface area (Å²) in [6.07, 6.45) is -4.83. The van der Waals surface area contributed by atoms with E-state index < -0.39 is 23.5 Å². The molecule has 0 atom stereocenters. The van der Waals surface area contributed by atoms with Crippen LogP contribution in [0.15, 0.2) is 46.9 Å². The first-order valence-corrected chi connectivity index (χ1v) is 10.1. The van der Waals surface area contributed by atoms with Crippen LogP contribution >= 0.6 is 15.9 Å². The van der Waals surface area contributed by atoms with Gasteiger partial charge in [-0.25, -0.2) is 4.98 Å². The number of alkyl halides is 3. The number of esters is 1. The molecule has 0 fully saturated rings. The molecule has 9 heteroatoms. The first-order valence-electron chi connectivity index (χ1n) is 9.31. The summed E-state index contributed by atoms with van der Waals surface area (Å²) in [7, 11) is 0. The summed E-state index contributed by atoms with van der Waals surface area (Å²) < 4.78 is 43.7. The number of carbonyl (C=O) groups excluding carboxylic acids is 2. The first kappa shape index (κ1) is 22.7. The van der Waals surface area contributed by atoms with Crippen molar-refractivity contribution in [2.45, 2.75) is 25.9 Å². The van der Waals surface area contributed by atoms with Crippen LogP contribution in [0.1, 0.15) is 35.8 Å². The van der Waals surface area contributed by atoms with Crippen LogP contribution in [0.4, 0.5) is 13.2 Å². The van der Waals surface area contributed by atoms with Crippen LogP contribution in [0.2, 0.25) is 0 Å². The molecular formula is C22H17BrF3NO4. The van der Waals surface area contributed by atoms with Gasteiger partial charge in [0.15, 0.2) is 11.5 Å². The molecule has 0 aliphatic heterocycles. The Kier molecular flexibility index (Phi) is 6.64. The van der Waals surface area contributed by atoms with E-state index >= 15 is 0 Å². The van der Waals surface area contributed by atoms with Gasteiger partial charge in [0.25, 0.3) is 0 Å². The standard InChI is InChI=1S/C22H17BrF3NO4/c1-2-31-17(29)11-10-16(28)20-21(30)18(23)15-5-3-4-14(19(15)27-20)12-6-8-13(9-7-12)22(24,25)26/h3-9,30H,2,10-11H2,1H3.